The zero-order valence-corrected chi connectivity index (χ0v) is 13.8. The van der Waals surface area contributed by atoms with Crippen molar-refractivity contribution < 1.29 is 0 Å². The molecule has 1 fully saturated rings. The lowest BCUT2D eigenvalue weighted by Crippen LogP contribution is -2.28. The fourth-order valence-corrected chi connectivity index (χ4v) is 3.46. The van der Waals surface area contributed by atoms with Crippen LogP contribution >= 0.6 is 0 Å². The van der Waals surface area contributed by atoms with Crippen LogP contribution in [0, 0.1) is 0 Å². The molecular weight excluding hydrogens is 298 g/mol. The van der Waals surface area contributed by atoms with Gasteiger partial charge in [0.2, 0.25) is 0 Å². The standard InChI is InChI=1S/C19H21N5/c1-14-9-16(12-24(14)11-15-5-3-2-4-6-15)23-19-17-10-20-13-22-18(17)7-8-21-19/h2-8,10,13-14,16H,9,11-12H2,1H3,(H,21,23). The van der Waals surface area contributed by atoms with E-state index in [9.17, 15) is 0 Å². The minimum Gasteiger partial charge on any atom is -0.365 e. The van der Waals surface area contributed by atoms with E-state index in [4.69, 9.17) is 0 Å². The van der Waals surface area contributed by atoms with E-state index in [0.717, 1.165) is 36.2 Å². The van der Waals surface area contributed by atoms with Crippen LogP contribution in [0.1, 0.15) is 18.9 Å². The van der Waals surface area contributed by atoms with Gasteiger partial charge in [-0.15, -0.1) is 0 Å². The quantitative estimate of drug-likeness (QED) is 0.801. The summed E-state index contributed by atoms with van der Waals surface area (Å²) in [6.07, 6.45) is 6.32. The van der Waals surface area contributed by atoms with Crippen molar-refractivity contribution in [2.45, 2.75) is 32.0 Å². The number of benzene rings is 1. The molecule has 4 rings (SSSR count). The molecule has 0 bridgehead atoms. The van der Waals surface area contributed by atoms with Crippen molar-refractivity contribution in [1.82, 2.24) is 19.9 Å². The molecule has 122 valence electrons. The first-order chi connectivity index (χ1) is 11.8. The number of hydrogen-bond acceptors (Lipinski definition) is 5. The van der Waals surface area contributed by atoms with Crippen LogP contribution < -0.4 is 5.32 Å². The molecule has 2 aromatic heterocycles. The van der Waals surface area contributed by atoms with Crippen LogP contribution in [-0.4, -0.2) is 38.5 Å². The summed E-state index contributed by atoms with van der Waals surface area (Å²) in [5.41, 5.74) is 2.29. The molecule has 0 spiro atoms. The van der Waals surface area contributed by atoms with E-state index >= 15 is 0 Å². The van der Waals surface area contributed by atoms with Gasteiger partial charge < -0.3 is 5.32 Å². The Morgan fingerprint density at radius 2 is 2.04 bits per heavy atom. The number of rotatable bonds is 4. The maximum Gasteiger partial charge on any atom is 0.137 e. The number of pyridine rings is 1. The highest BCUT2D eigenvalue weighted by Crippen LogP contribution is 2.25. The summed E-state index contributed by atoms with van der Waals surface area (Å²) in [5, 5.41) is 4.58. The lowest BCUT2D eigenvalue weighted by molar-refractivity contribution is 0.259. The topological polar surface area (TPSA) is 53.9 Å². The van der Waals surface area contributed by atoms with Crippen molar-refractivity contribution in [3.05, 3.63) is 60.7 Å². The van der Waals surface area contributed by atoms with E-state index in [2.05, 4.69) is 62.4 Å². The Bertz CT molecular complexity index is 815. The second-order valence-electron chi connectivity index (χ2n) is 6.46. The number of hydrogen-bond donors (Lipinski definition) is 1. The van der Waals surface area contributed by atoms with E-state index in [1.807, 2.05) is 12.3 Å². The summed E-state index contributed by atoms with van der Waals surface area (Å²) in [7, 11) is 0. The smallest absolute Gasteiger partial charge is 0.137 e. The first-order valence-corrected chi connectivity index (χ1v) is 8.39. The van der Waals surface area contributed by atoms with E-state index in [1.54, 1.807) is 12.5 Å². The second kappa shape index (κ2) is 6.53. The van der Waals surface area contributed by atoms with Gasteiger partial charge in [-0.05, 0) is 25.0 Å². The molecule has 1 aromatic carbocycles. The van der Waals surface area contributed by atoms with E-state index in [1.165, 1.54) is 5.56 Å². The van der Waals surface area contributed by atoms with Crippen molar-refractivity contribution in [3.63, 3.8) is 0 Å². The van der Waals surface area contributed by atoms with Gasteiger partial charge in [-0.25, -0.2) is 15.0 Å². The number of anilines is 1. The minimum atomic E-state index is 0.391. The van der Waals surface area contributed by atoms with Gasteiger partial charge in [0.1, 0.15) is 12.1 Å². The highest BCUT2D eigenvalue weighted by atomic mass is 15.2. The molecule has 2 atom stereocenters. The number of nitrogens with zero attached hydrogens (tertiary/aromatic N) is 4. The third-order valence-corrected chi connectivity index (χ3v) is 4.71. The maximum atomic E-state index is 4.49. The summed E-state index contributed by atoms with van der Waals surface area (Å²) in [5.74, 6) is 0.881. The summed E-state index contributed by atoms with van der Waals surface area (Å²) < 4.78 is 0. The van der Waals surface area contributed by atoms with Gasteiger partial charge in [0.25, 0.3) is 0 Å². The molecule has 1 aliphatic heterocycles. The largest absolute Gasteiger partial charge is 0.365 e. The van der Waals surface area contributed by atoms with Crippen molar-refractivity contribution in [2.75, 3.05) is 11.9 Å². The predicted octanol–water partition coefficient (Wildman–Crippen LogP) is 3.10. The second-order valence-corrected chi connectivity index (χ2v) is 6.46. The Morgan fingerprint density at radius 3 is 2.92 bits per heavy atom. The molecule has 24 heavy (non-hydrogen) atoms. The molecule has 1 N–H and O–H groups in total. The fraction of sp³-hybridized carbons (Fsp3) is 0.316. The zero-order chi connectivity index (χ0) is 16.4. The van der Waals surface area contributed by atoms with Gasteiger partial charge >= 0.3 is 0 Å². The fourth-order valence-electron chi connectivity index (χ4n) is 3.46. The summed E-state index contributed by atoms with van der Waals surface area (Å²) in [4.78, 5) is 15.5. The monoisotopic (exact) mass is 319 g/mol. The van der Waals surface area contributed by atoms with Gasteiger partial charge in [0.05, 0.1) is 10.9 Å². The Kier molecular flexibility index (Phi) is 4.09. The normalized spacial score (nSPS) is 21.2. The number of likely N-dealkylation sites (tertiary alicyclic amines) is 1. The van der Waals surface area contributed by atoms with Crippen LogP contribution in [0.5, 0.6) is 0 Å². The zero-order valence-electron chi connectivity index (χ0n) is 13.8. The van der Waals surface area contributed by atoms with E-state index in [0.29, 0.717) is 12.1 Å². The molecule has 3 heterocycles. The van der Waals surface area contributed by atoms with Gasteiger partial charge in [-0.2, -0.15) is 0 Å². The summed E-state index contributed by atoms with van der Waals surface area (Å²) in [6, 6.07) is 13.5. The molecule has 0 aliphatic carbocycles. The molecule has 0 amide bonds. The molecule has 5 heteroatoms. The maximum absolute atomic E-state index is 4.49. The van der Waals surface area contributed by atoms with Gasteiger partial charge in [-0.3, -0.25) is 4.90 Å². The van der Waals surface area contributed by atoms with Gasteiger partial charge in [0, 0.05) is 37.6 Å². The van der Waals surface area contributed by atoms with Crippen molar-refractivity contribution in [2.24, 2.45) is 0 Å². The third-order valence-electron chi connectivity index (χ3n) is 4.71. The molecule has 1 aliphatic rings. The summed E-state index contributed by atoms with van der Waals surface area (Å²) in [6.45, 7) is 4.30. The lowest BCUT2D eigenvalue weighted by Gasteiger charge is -2.21. The van der Waals surface area contributed by atoms with E-state index in [-0.39, 0.29) is 0 Å². The molecule has 0 saturated carbocycles. The van der Waals surface area contributed by atoms with Crippen LogP contribution in [0.4, 0.5) is 5.82 Å². The molecule has 0 radical (unpaired) electrons. The number of fused-ring (bicyclic) bond motifs is 1. The minimum absolute atomic E-state index is 0.391. The van der Waals surface area contributed by atoms with E-state index < -0.39 is 0 Å². The van der Waals surface area contributed by atoms with Gasteiger partial charge in [0.15, 0.2) is 0 Å². The Balaban J connectivity index is 1.48. The first-order valence-electron chi connectivity index (χ1n) is 8.39. The average molecular weight is 319 g/mol. The van der Waals surface area contributed by atoms with Crippen molar-refractivity contribution in [1.29, 1.82) is 0 Å². The summed E-state index contributed by atoms with van der Waals surface area (Å²) >= 11 is 0. The van der Waals surface area contributed by atoms with Gasteiger partial charge in [-0.1, -0.05) is 30.3 Å². The van der Waals surface area contributed by atoms with Crippen LogP contribution in [0.15, 0.2) is 55.1 Å². The SMILES string of the molecule is CC1CC(Nc2nccc3ncncc23)CN1Cc1ccccc1. The molecule has 2 unspecified atom stereocenters. The average Bonchev–Trinajstić information content (AvgIpc) is 2.95. The Morgan fingerprint density at radius 1 is 1.17 bits per heavy atom. The van der Waals surface area contributed by atoms with Crippen LogP contribution in [0.3, 0.4) is 0 Å². The highest BCUT2D eigenvalue weighted by molar-refractivity contribution is 5.88. The van der Waals surface area contributed by atoms with Crippen LogP contribution in [0.2, 0.25) is 0 Å². The lowest BCUT2D eigenvalue weighted by atomic mass is 10.2. The number of aromatic nitrogens is 3. The van der Waals surface area contributed by atoms with Crippen molar-refractivity contribution in [3.8, 4) is 0 Å². The first kappa shape index (κ1) is 15.0. The van der Waals surface area contributed by atoms with Crippen LogP contribution in [-0.2, 0) is 6.54 Å². The Hall–Kier alpha value is -2.53. The third kappa shape index (κ3) is 3.08. The number of nitrogens with one attached hydrogen (secondary N) is 1. The van der Waals surface area contributed by atoms with Crippen molar-refractivity contribution >= 4 is 16.7 Å². The Labute approximate surface area is 141 Å². The molecule has 3 aromatic rings. The predicted molar refractivity (Wildman–Crippen MR) is 95.7 cm³/mol. The molecular formula is C19H21N5. The molecule has 1 saturated heterocycles. The molecule has 5 nitrogen and oxygen atoms in total. The highest BCUT2D eigenvalue weighted by Gasteiger charge is 2.29. The van der Waals surface area contributed by atoms with Crippen LogP contribution in [0.25, 0.3) is 10.9 Å².